The van der Waals surface area contributed by atoms with E-state index < -0.39 is 17.2 Å². The summed E-state index contributed by atoms with van der Waals surface area (Å²) in [5.41, 5.74) is 0.178. The molecule has 0 fully saturated rings. The third-order valence-corrected chi connectivity index (χ3v) is 4.05. The van der Waals surface area contributed by atoms with Gasteiger partial charge in [0.15, 0.2) is 0 Å². The topological polar surface area (TPSA) is 58.2 Å². The first kappa shape index (κ1) is 21.5. The molecule has 4 nitrogen and oxygen atoms in total. The van der Waals surface area contributed by atoms with Crippen LogP contribution in [0.25, 0.3) is 11.1 Å². The number of nitrogens with one attached hydrogen (secondary N) is 2. The predicted molar refractivity (Wildman–Crippen MR) is 102 cm³/mol. The smallest absolute Gasteiger partial charge is 0.354 e. The van der Waals surface area contributed by atoms with Crippen LogP contribution < -0.4 is 10.6 Å². The Morgan fingerprint density at radius 2 is 1.46 bits per heavy atom. The second-order valence-electron chi connectivity index (χ2n) is 7.42. The van der Waals surface area contributed by atoms with Crippen molar-refractivity contribution in [1.29, 1.82) is 0 Å². The van der Waals surface area contributed by atoms with Crippen molar-refractivity contribution in [2.45, 2.75) is 26.9 Å². The molecule has 0 aliphatic rings. The van der Waals surface area contributed by atoms with Gasteiger partial charge in [-0.25, -0.2) is 0 Å². The lowest BCUT2D eigenvalue weighted by atomic mass is 9.96. The predicted octanol–water partition coefficient (Wildman–Crippen LogP) is 4.26. The zero-order chi connectivity index (χ0) is 20.9. The fourth-order valence-electron chi connectivity index (χ4n) is 2.41. The van der Waals surface area contributed by atoms with E-state index >= 15 is 0 Å². The van der Waals surface area contributed by atoms with E-state index in [1.807, 2.05) is 0 Å². The van der Waals surface area contributed by atoms with Crippen molar-refractivity contribution in [3.63, 3.8) is 0 Å². The standard InChI is InChI=1S/C21H23F3N2O2/c1-20(2,3)19(28)26-12-11-25-18(27)15-9-7-14(8-10-15)16-5-4-6-17(13-16)21(22,23)24/h4-10,13H,11-12H2,1-3H3,(H,25,27)(H,26,28). The quantitative estimate of drug-likeness (QED) is 0.747. The summed E-state index contributed by atoms with van der Waals surface area (Å²) in [5.74, 6) is -0.423. The highest BCUT2D eigenvalue weighted by molar-refractivity contribution is 5.94. The molecule has 2 amide bonds. The zero-order valence-electron chi connectivity index (χ0n) is 16.0. The van der Waals surface area contributed by atoms with Crippen LogP contribution in [0.15, 0.2) is 48.5 Å². The Morgan fingerprint density at radius 1 is 0.857 bits per heavy atom. The van der Waals surface area contributed by atoms with Gasteiger partial charge in [0.1, 0.15) is 0 Å². The van der Waals surface area contributed by atoms with E-state index in [9.17, 15) is 22.8 Å². The molecule has 0 aliphatic carbocycles. The van der Waals surface area contributed by atoms with Crippen LogP contribution >= 0.6 is 0 Å². The van der Waals surface area contributed by atoms with Gasteiger partial charge in [0, 0.05) is 24.1 Å². The van der Waals surface area contributed by atoms with E-state index in [1.165, 1.54) is 6.07 Å². The monoisotopic (exact) mass is 392 g/mol. The summed E-state index contributed by atoms with van der Waals surface area (Å²) in [6.45, 7) is 5.98. The van der Waals surface area contributed by atoms with Gasteiger partial charge in [-0.05, 0) is 35.4 Å². The normalized spacial score (nSPS) is 11.8. The number of carbonyl (C=O) groups is 2. The average Bonchev–Trinajstić information content (AvgIpc) is 2.63. The van der Waals surface area contributed by atoms with E-state index in [0.717, 1.165) is 12.1 Å². The van der Waals surface area contributed by atoms with E-state index in [1.54, 1.807) is 51.1 Å². The summed E-state index contributed by atoms with van der Waals surface area (Å²) < 4.78 is 38.5. The van der Waals surface area contributed by atoms with Crippen LogP contribution in [-0.2, 0) is 11.0 Å². The van der Waals surface area contributed by atoms with Crippen LogP contribution in [0.2, 0.25) is 0 Å². The Balaban J connectivity index is 1.95. The molecule has 0 spiro atoms. The Kier molecular flexibility index (Phi) is 6.48. The molecule has 150 valence electrons. The molecule has 2 aromatic rings. The second-order valence-corrected chi connectivity index (χ2v) is 7.42. The van der Waals surface area contributed by atoms with Gasteiger partial charge >= 0.3 is 6.18 Å². The van der Waals surface area contributed by atoms with Crippen LogP contribution in [0.5, 0.6) is 0 Å². The van der Waals surface area contributed by atoms with E-state index in [-0.39, 0.29) is 18.4 Å². The minimum absolute atomic E-state index is 0.104. The Hall–Kier alpha value is -2.83. The van der Waals surface area contributed by atoms with Crippen molar-refractivity contribution in [2.75, 3.05) is 13.1 Å². The van der Waals surface area contributed by atoms with Crippen LogP contribution in [0.3, 0.4) is 0 Å². The highest BCUT2D eigenvalue weighted by Crippen LogP contribution is 2.32. The first-order valence-corrected chi connectivity index (χ1v) is 8.83. The first-order valence-electron chi connectivity index (χ1n) is 8.83. The number of amides is 2. The van der Waals surface area contributed by atoms with Gasteiger partial charge in [0.25, 0.3) is 5.91 Å². The summed E-state index contributed by atoms with van der Waals surface area (Å²) in [6, 6.07) is 11.3. The van der Waals surface area contributed by atoms with Gasteiger partial charge in [0.2, 0.25) is 5.91 Å². The van der Waals surface area contributed by atoms with Crippen molar-refractivity contribution in [1.82, 2.24) is 10.6 Å². The van der Waals surface area contributed by atoms with Crippen molar-refractivity contribution in [3.05, 3.63) is 59.7 Å². The molecular formula is C21H23F3N2O2. The van der Waals surface area contributed by atoms with Crippen molar-refractivity contribution in [3.8, 4) is 11.1 Å². The number of rotatable bonds is 5. The molecule has 28 heavy (non-hydrogen) atoms. The van der Waals surface area contributed by atoms with Crippen LogP contribution in [0.4, 0.5) is 13.2 Å². The highest BCUT2D eigenvalue weighted by atomic mass is 19.4. The van der Waals surface area contributed by atoms with Crippen LogP contribution in [0, 0.1) is 5.41 Å². The van der Waals surface area contributed by atoms with Gasteiger partial charge in [0.05, 0.1) is 5.56 Å². The lowest BCUT2D eigenvalue weighted by Crippen LogP contribution is -2.39. The zero-order valence-corrected chi connectivity index (χ0v) is 16.0. The van der Waals surface area contributed by atoms with Crippen molar-refractivity contribution < 1.29 is 22.8 Å². The molecule has 2 aromatic carbocycles. The molecule has 7 heteroatoms. The van der Waals surface area contributed by atoms with Gasteiger partial charge in [-0.3, -0.25) is 9.59 Å². The fourth-order valence-corrected chi connectivity index (χ4v) is 2.41. The van der Waals surface area contributed by atoms with Gasteiger partial charge in [-0.1, -0.05) is 45.0 Å². The van der Waals surface area contributed by atoms with E-state index in [0.29, 0.717) is 23.2 Å². The SMILES string of the molecule is CC(C)(C)C(=O)NCCNC(=O)c1ccc(-c2cccc(C(F)(F)F)c2)cc1. The van der Waals surface area contributed by atoms with Crippen molar-refractivity contribution >= 4 is 11.8 Å². The van der Waals surface area contributed by atoms with Gasteiger partial charge < -0.3 is 10.6 Å². The minimum Gasteiger partial charge on any atom is -0.354 e. The Bertz CT molecular complexity index is 838. The molecule has 0 unspecified atom stereocenters. The molecule has 0 bridgehead atoms. The average molecular weight is 392 g/mol. The number of alkyl halides is 3. The molecule has 0 saturated heterocycles. The maximum Gasteiger partial charge on any atom is 0.416 e. The second kappa shape index (κ2) is 8.46. The molecule has 0 aliphatic heterocycles. The number of hydrogen-bond donors (Lipinski definition) is 2. The highest BCUT2D eigenvalue weighted by Gasteiger charge is 2.30. The summed E-state index contributed by atoms with van der Waals surface area (Å²) in [4.78, 5) is 23.9. The number of halogens is 3. The van der Waals surface area contributed by atoms with E-state index in [4.69, 9.17) is 0 Å². The molecule has 2 N–H and O–H groups in total. The largest absolute Gasteiger partial charge is 0.416 e. The number of carbonyl (C=O) groups excluding carboxylic acids is 2. The summed E-state index contributed by atoms with van der Waals surface area (Å²) in [5, 5.41) is 5.42. The lowest BCUT2D eigenvalue weighted by Gasteiger charge is -2.17. The first-order chi connectivity index (χ1) is 13.0. The molecule has 0 heterocycles. The third-order valence-electron chi connectivity index (χ3n) is 4.05. The summed E-state index contributed by atoms with van der Waals surface area (Å²) >= 11 is 0. The number of benzene rings is 2. The Labute approximate surface area is 162 Å². The molecule has 0 aromatic heterocycles. The Morgan fingerprint density at radius 3 is 2.04 bits per heavy atom. The van der Waals surface area contributed by atoms with Crippen molar-refractivity contribution in [2.24, 2.45) is 5.41 Å². The van der Waals surface area contributed by atoms with Crippen LogP contribution in [-0.4, -0.2) is 24.9 Å². The van der Waals surface area contributed by atoms with E-state index in [2.05, 4.69) is 10.6 Å². The molecule has 0 saturated carbocycles. The fraction of sp³-hybridized carbons (Fsp3) is 0.333. The molecule has 0 atom stereocenters. The van der Waals surface area contributed by atoms with Crippen LogP contribution in [0.1, 0.15) is 36.7 Å². The lowest BCUT2D eigenvalue weighted by molar-refractivity contribution is -0.137. The van der Waals surface area contributed by atoms with Gasteiger partial charge in [-0.15, -0.1) is 0 Å². The third kappa shape index (κ3) is 5.84. The summed E-state index contributed by atoms with van der Waals surface area (Å²) in [7, 11) is 0. The maximum atomic E-state index is 12.8. The molecule has 0 radical (unpaired) electrons. The molecular weight excluding hydrogens is 369 g/mol. The maximum absolute atomic E-state index is 12.8. The minimum atomic E-state index is -4.40. The molecule has 2 rings (SSSR count). The summed E-state index contributed by atoms with van der Waals surface area (Å²) in [6.07, 6.45) is -4.40. The van der Waals surface area contributed by atoms with Gasteiger partial charge in [-0.2, -0.15) is 13.2 Å². The number of hydrogen-bond acceptors (Lipinski definition) is 2.